The third-order valence-electron chi connectivity index (χ3n) is 2.40. The van der Waals surface area contributed by atoms with Crippen molar-refractivity contribution in [2.24, 2.45) is 0 Å². The average Bonchev–Trinajstić information content (AvgIpc) is 2.69. The number of Topliss-reactive ketones (excluding diaryl/α,β-unsaturated/α-hetero) is 1. The molecule has 0 fully saturated rings. The summed E-state index contributed by atoms with van der Waals surface area (Å²) in [5.74, 6) is -0.148. The minimum atomic E-state index is -0.961. The Hall–Kier alpha value is -1.82. The molecule has 1 aromatic carbocycles. The summed E-state index contributed by atoms with van der Waals surface area (Å²) in [6, 6.07) is 4.75. The summed E-state index contributed by atoms with van der Waals surface area (Å²) in [6.45, 7) is 1.55. The number of imidazole rings is 1. The number of thioether (sulfide) groups is 1. The number of carboxylic acids is 1. The first-order valence-electron chi connectivity index (χ1n) is 5.41. The number of aromatic carboxylic acids is 1. The van der Waals surface area contributed by atoms with Crippen LogP contribution in [0.15, 0.2) is 23.4 Å². The van der Waals surface area contributed by atoms with Gasteiger partial charge in [-0.1, -0.05) is 11.8 Å². The first kappa shape index (κ1) is 12.6. The van der Waals surface area contributed by atoms with Gasteiger partial charge in [-0.25, -0.2) is 9.78 Å². The molecule has 0 aliphatic heterocycles. The standard InChI is InChI=1S/C12H12N2O3S/c1-7(15)4-5-18-12-13-9-3-2-8(11(16)17)6-10(9)14-12/h2-3,6H,4-5H2,1H3,(H,13,14)(H,16,17). The summed E-state index contributed by atoms with van der Waals surface area (Å²) >= 11 is 1.45. The molecule has 0 radical (unpaired) electrons. The van der Waals surface area contributed by atoms with Crippen molar-refractivity contribution in [3.8, 4) is 0 Å². The van der Waals surface area contributed by atoms with Crippen molar-refractivity contribution in [1.29, 1.82) is 0 Å². The smallest absolute Gasteiger partial charge is 0.335 e. The number of H-pyrrole nitrogens is 1. The van der Waals surface area contributed by atoms with Crippen LogP contribution in [-0.4, -0.2) is 32.6 Å². The summed E-state index contributed by atoms with van der Waals surface area (Å²) in [5.41, 5.74) is 1.65. The fourth-order valence-corrected chi connectivity index (χ4v) is 2.41. The Bertz CT molecular complexity index is 606. The number of hydrogen-bond donors (Lipinski definition) is 2. The second-order valence-electron chi connectivity index (χ2n) is 3.88. The van der Waals surface area contributed by atoms with Gasteiger partial charge in [-0.2, -0.15) is 0 Å². The van der Waals surface area contributed by atoms with Crippen molar-refractivity contribution in [3.63, 3.8) is 0 Å². The number of hydrogen-bond acceptors (Lipinski definition) is 4. The van der Waals surface area contributed by atoms with Crippen LogP contribution in [0, 0.1) is 0 Å². The molecule has 0 bridgehead atoms. The van der Waals surface area contributed by atoms with Gasteiger partial charge in [0.2, 0.25) is 0 Å². The number of carbonyl (C=O) groups is 2. The molecule has 94 valence electrons. The van der Waals surface area contributed by atoms with Gasteiger partial charge in [0, 0.05) is 12.2 Å². The van der Waals surface area contributed by atoms with E-state index in [9.17, 15) is 9.59 Å². The maximum Gasteiger partial charge on any atom is 0.335 e. The number of rotatable bonds is 5. The quantitative estimate of drug-likeness (QED) is 0.810. The minimum Gasteiger partial charge on any atom is -0.478 e. The predicted octanol–water partition coefficient (Wildman–Crippen LogP) is 2.33. The maximum absolute atomic E-state index is 10.8. The monoisotopic (exact) mass is 264 g/mol. The van der Waals surface area contributed by atoms with Crippen LogP contribution in [0.2, 0.25) is 0 Å². The van der Waals surface area contributed by atoms with E-state index >= 15 is 0 Å². The molecule has 1 heterocycles. The molecule has 0 unspecified atom stereocenters. The molecule has 6 heteroatoms. The zero-order valence-corrected chi connectivity index (χ0v) is 10.6. The van der Waals surface area contributed by atoms with Crippen molar-refractivity contribution in [3.05, 3.63) is 23.8 Å². The lowest BCUT2D eigenvalue weighted by Gasteiger charge is -1.93. The largest absolute Gasteiger partial charge is 0.478 e. The number of ketones is 1. The average molecular weight is 264 g/mol. The molecule has 0 atom stereocenters. The first-order valence-corrected chi connectivity index (χ1v) is 6.40. The summed E-state index contributed by atoms with van der Waals surface area (Å²) in [7, 11) is 0. The highest BCUT2D eigenvalue weighted by molar-refractivity contribution is 7.99. The number of carbonyl (C=O) groups excluding carboxylic acids is 1. The summed E-state index contributed by atoms with van der Waals surface area (Å²) < 4.78 is 0. The Balaban J connectivity index is 2.16. The van der Waals surface area contributed by atoms with Crippen LogP contribution in [0.5, 0.6) is 0 Å². The van der Waals surface area contributed by atoms with E-state index in [0.717, 1.165) is 5.52 Å². The van der Waals surface area contributed by atoms with Gasteiger partial charge in [-0.15, -0.1) is 0 Å². The van der Waals surface area contributed by atoms with E-state index < -0.39 is 5.97 Å². The Labute approximate surface area is 108 Å². The van der Waals surface area contributed by atoms with Gasteiger partial charge < -0.3 is 10.1 Å². The molecule has 1 aromatic heterocycles. The van der Waals surface area contributed by atoms with Crippen molar-refractivity contribution < 1.29 is 14.7 Å². The molecule has 2 N–H and O–H groups in total. The van der Waals surface area contributed by atoms with Gasteiger partial charge in [0.05, 0.1) is 16.6 Å². The van der Waals surface area contributed by atoms with E-state index in [-0.39, 0.29) is 11.3 Å². The molecule has 2 rings (SSSR count). The third-order valence-corrected chi connectivity index (χ3v) is 3.28. The fraction of sp³-hybridized carbons (Fsp3) is 0.250. The van der Waals surface area contributed by atoms with Gasteiger partial charge in [-0.3, -0.25) is 4.79 Å². The van der Waals surface area contributed by atoms with Crippen molar-refractivity contribution in [2.75, 3.05) is 5.75 Å². The molecule has 0 spiro atoms. The topological polar surface area (TPSA) is 83.1 Å². The number of nitrogens with one attached hydrogen (secondary N) is 1. The van der Waals surface area contributed by atoms with E-state index in [2.05, 4.69) is 9.97 Å². The van der Waals surface area contributed by atoms with Crippen LogP contribution in [0.25, 0.3) is 11.0 Å². The van der Waals surface area contributed by atoms with Crippen LogP contribution < -0.4 is 0 Å². The number of carboxylic acid groups (broad SMARTS) is 1. The lowest BCUT2D eigenvalue weighted by atomic mass is 10.2. The van der Waals surface area contributed by atoms with Crippen molar-refractivity contribution in [2.45, 2.75) is 18.5 Å². The molecule has 0 saturated carbocycles. The van der Waals surface area contributed by atoms with Crippen molar-refractivity contribution >= 4 is 34.5 Å². The van der Waals surface area contributed by atoms with Gasteiger partial charge in [-0.05, 0) is 25.1 Å². The van der Waals surface area contributed by atoms with Crippen molar-refractivity contribution in [1.82, 2.24) is 9.97 Å². The zero-order chi connectivity index (χ0) is 13.1. The molecule has 0 saturated heterocycles. The Morgan fingerprint density at radius 3 is 2.89 bits per heavy atom. The Kier molecular flexibility index (Phi) is 3.66. The van der Waals surface area contributed by atoms with Gasteiger partial charge >= 0.3 is 5.97 Å². The number of fused-ring (bicyclic) bond motifs is 1. The number of aromatic nitrogens is 2. The molecule has 2 aromatic rings. The Morgan fingerprint density at radius 2 is 2.22 bits per heavy atom. The predicted molar refractivity (Wildman–Crippen MR) is 69.1 cm³/mol. The van der Waals surface area contributed by atoms with Crippen LogP contribution in [0.1, 0.15) is 23.7 Å². The van der Waals surface area contributed by atoms with Crippen LogP contribution >= 0.6 is 11.8 Å². The van der Waals surface area contributed by atoms with E-state index in [1.165, 1.54) is 17.8 Å². The molecule has 0 aliphatic rings. The van der Waals surface area contributed by atoms with Gasteiger partial charge in [0.1, 0.15) is 5.78 Å². The minimum absolute atomic E-state index is 0.145. The number of nitrogens with zero attached hydrogens (tertiary/aromatic N) is 1. The van der Waals surface area contributed by atoms with E-state index in [0.29, 0.717) is 22.8 Å². The highest BCUT2D eigenvalue weighted by Crippen LogP contribution is 2.21. The summed E-state index contributed by atoms with van der Waals surface area (Å²) in [6.07, 6.45) is 0.502. The zero-order valence-electron chi connectivity index (χ0n) is 9.77. The highest BCUT2D eigenvalue weighted by atomic mass is 32.2. The summed E-state index contributed by atoms with van der Waals surface area (Å²) in [5, 5.41) is 9.58. The molecular weight excluding hydrogens is 252 g/mol. The lowest BCUT2D eigenvalue weighted by Crippen LogP contribution is -1.94. The van der Waals surface area contributed by atoms with Crippen LogP contribution in [0.3, 0.4) is 0 Å². The van der Waals surface area contributed by atoms with Gasteiger partial charge in [0.25, 0.3) is 0 Å². The molecular formula is C12H12N2O3S. The second kappa shape index (κ2) is 5.22. The van der Waals surface area contributed by atoms with E-state index in [4.69, 9.17) is 5.11 Å². The van der Waals surface area contributed by atoms with E-state index in [1.807, 2.05) is 0 Å². The molecule has 5 nitrogen and oxygen atoms in total. The summed E-state index contributed by atoms with van der Waals surface area (Å²) in [4.78, 5) is 29.0. The number of benzene rings is 1. The first-order chi connectivity index (χ1) is 8.56. The van der Waals surface area contributed by atoms with Crippen LogP contribution in [-0.2, 0) is 4.79 Å². The molecule has 0 aliphatic carbocycles. The molecule has 0 amide bonds. The molecule has 18 heavy (non-hydrogen) atoms. The Morgan fingerprint density at radius 1 is 1.44 bits per heavy atom. The van der Waals surface area contributed by atoms with E-state index in [1.54, 1.807) is 19.1 Å². The highest BCUT2D eigenvalue weighted by Gasteiger charge is 2.08. The number of aromatic amines is 1. The maximum atomic E-state index is 10.8. The van der Waals surface area contributed by atoms with Gasteiger partial charge in [0.15, 0.2) is 5.16 Å². The van der Waals surface area contributed by atoms with Crippen LogP contribution in [0.4, 0.5) is 0 Å². The SMILES string of the molecule is CC(=O)CCSc1nc2ccc(C(=O)O)cc2[nH]1. The fourth-order valence-electron chi connectivity index (χ4n) is 1.48. The second-order valence-corrected chi connectivity index (χ2v) is 4.96. The lowest BCUT2D eigenvalue weighted by molar-refractivity contribution is -0.116. The third kappa shape index (κ3) is 2.89. The normalized spacial score (nSPS) is 10.7.